The van der Waals surface area contributed by atoms with E-state index in [1.807, 2.05) is 25.1 Å². The van der Waals surface area contributed by atoms with Crippen molar-refractivity contribution in [1.82, 2.24) is 0 Å². The van der Waals surface area contributed by atoms with Crippen LogP contribution in [0, 0.1) is 12.3 Å². The predicted octanol–water partition coefficient (Wildman–Crippen LogP) is 2.70. The molecule has 0 saturated carbocycles. The van der Waals surface area contributed by atoms with E-state index in [0.29, 0.717) is 26.2 Å². The lowest BCUT2D eigenvalue weighted by molar-refractivity contribution is -0.156. The van der Waals surface area contributed by atoms with Gasteiger partial charge >= 0.3 is 5.97 Å². The zero-order chi connectivity index (χ0) is 14.6. The van der Waals surface area contributed by atoms with Gasteiger partial charge < -0.3 is 14.7 Å². The van der Waals surface area contributed by atoms with Crippen molar-refractivity contribution in [2.24, 2.45) is 5.41 Å². The Morgan fingerprint density at radius 1 is 1.50 bits per heavy atom. The molecule has 0 bridgehead atoms. The highest BCUT2D eigenvalue weighted by atomic mass is 16.5. The van der Waals surface area contributed by atoms with E-state index in [9.17, 15) is 9.90 Å². The first-order valence-electron chi connectivity index (χ1n) is 7.20. The van der Waals surface area contributed by atoms with E-state index >= 15 is 0 Å². The smallest absolute Gasteiger partial charge is 0.313 e. The molecule has 1 aliphatic rings. The fourth-order valence-corrected chi connectivity index (χ4v) is 2.79. The largest absolute Gasteiger partial charge is 0.481 e. The third-order valence-electron chi connectivity index (χ3n) is 4.02. The molecule has 110 valence electrons. The van der Waals surface area contributed by atoms with Crippen LogP contribution in [-0.2, 0) is 9.53 Å². The average Bonchev–Trinajstić information content (AvgIpc) is 2.45. The van der Waals surface area contributed by atoms with Crippen LogP contribution in [0.3, 0.4) is 0 Å². The second-order valence-electron chi connectivity index (χ2n) is 5.59. The normalized spacial score (nSPS) is 22.5. The molecule has 0 spiro atoms. The Bertz CT molecular complexity index is 467. The molecule has 1 unspecified atom stereocenters. The number of aryl methyl sites for hydroxylation is 1. The Labute approximate surface area is 120 Å². The number of aliphatic carboxylic acids is 1. The Kier molecular flexibility index (Phi) is 4.65. The summed E-state index contributed by atoms with van der Waals surface area (Å²) in [4.78, 5) is 13.9. The average molecular weight is 277 g/mol. The van der Waals surface area contributed by atoms with Gasteiger partial charge in [-0.05, 0) is 44.4 Å². The van der Waals surface area contributed by atoms with Crippen LogP contribution in [0.25, 0.3) is 0 Å². The maximum Gasteiger partial charge on any atom is 0.313 e. The number of rotatable bonds is 5. The van der Waals surface area contributed by atoms with Crippen molar-refractivity contribution in [3.05, 3.63) is 29.8 Å². The van der Waals surface area contributed by atoms with Gasteiger partial charge in [0.1, 0.15) is 5.41 Å². The van der Waals surface area contributed by atoms with Gasteiger partial charge in [-0.1, -0.05) is 12.1 Å². The molecule has 20 heavy (non-hydrogen) atoms. The highest BCUT2D eigenvalue weighted by Crippen LogP contribution is 2.32. The molecule has 0 radical (unpaired) electrons. The van der Waals surface area contributed by atoms with Crippen molar-refractivity contribution in [2.75, 3.05) is 31.2 Å². The van der Waals surface area contributed by atoms with Crippen LogP contribution in [0.4, 0.5) is 5.69 Å². The molecule has 1 fully saturated rings. The Balaban J connectivity index is 2.21. The molecule has 1 N–H and O–H groups in total. The molecule has 0 aromatic heterocycles. The van der Waals surface area contributed by atoms with Crippen molar-refractivity contribution in [3.8, 4) is 0 Å². The van der Waals surface area contributed by atoms with Crippen LogP contribution in [-0.4, -0.2) is 37.4 Å². The third kappa shape index (κ3) is 3.12. The number of hydrogen-bond acceptors (Lipinski definition) is 3. The maximum absolute atomic E-state index is 11.7. The fraction of sp³-hybridized carbons (Fsp3) is 0.562. The number of carboxylic acids is 1. The third-order valence-corrected chi connectivity index (χ3v) is 4.02. The molecular weight excluding hydrogens is 254 g/mol. The van der Waals surface area contributed by atoms with E-state index in [-0.39, 0.29) is 0 Å². The quantitative estimate of drug-likeness (QED) is 0.899. The fourth-order valence-electron chi connectivity index (χ4n) is 2.79. The van der Waals surface area contributed by atoms with Crippen LogP contribution in [0.1, 0.15) is 25.3 Å². The molecule has 4 heteroatoms. The number of carboxylic acid groups (broad SMARTS) is 1. The van der Waals surface area contributed by atoms with E-state index in [4.69, 9.17) is 4.74 Å². The summed E-state index contributed by atoms with van der Waals surface area (Å²) in [5.41, 5.74) is 1.49. The van der Waals surface area contributed by atoms with E-state index in [1.54, 1.807) is 0 Å². The number of benzene rings is 1. The first kappa shape index (κ1) is 14.9. The lowest BCUT2D eigenvalue weighted by atomic mass is 9.82. The summed E-state index contributed by atoms with van der Waals surface area (Å²) < 4.78 is 5.44. The van der Waals surface area contributed by atoms with Gasteiger partial charge in [-0.25, -0.2) is 0 Å². The maximum atomic E-state index is 11.7. The van der Waals surface area contributed by atoms with E-state index in [0.717, 1.165) is 18.7 Å². The van der Waals surface area contributed by atoms with Crippen molar-refractivity contribution in [2.45, 2.75) is 26.7 Å². The lowest BCUT2D eigenvalue weighted by Gasteiger charge is -2.38. The minimum atomic E-state index is -0.780. The number of ether oxygens (including phenoxy) is 1. The van der Waals surface area contributed by atoms with Crippen molar-refractivity contribution in [3.63, 3.8) is 0 Å². The number of carbonyl (C=O) groups is 1. The Hall–Kier alpha value is -1.55. The molecule has 0 aliphatic carbocycles. The molecule has 1 aromatic rings. The monoisotopic (exact) mass is 277 g/mol. The van der Waals surface area contributed by atoms with Gasteiger partial charge in [0.2, 0.25) is 0 Å². The predicted molar refractivity (Wildman–Crippen MR) is 79.2 cm³/mol. The number of anilines is 1. The van der Waals surface area contributed by atoms with Crippen LogP contribution in [0.15, 0.2) is 24.3 Å². The molecular formula is C16H23NO3. The second-order valence-corrected chi connectivity index (χ2v) is 5.59. The molecule has 1 aromatic carbocycles. The van der Waals surface area contributed by atoms with Gasteiger partial charge in [-0.3, -0.25) is 4.79 Å². The minimum absolute atomic E-state index is 0.310. The van der Waals surface area contributed by atoms with Gasteiger partial charge in [-0.15, -0.1) is 0 Å². The topological polar surface area (TPSA) is 49.8 Å². The molecule has 1 saturated heterocycles. The minimum Gasteiger partial charge on any atom is -0.481 e. The van der Waals surface area contributed by atoms with Gasteiger partial charge in [0.15, 0.2) is 0 Å². The summed E-state index contributed by atoms with van der Waals surface area (Å²) in [5.74, 6) is -0.747. The zero-order valence-electron chi connectivity index (χ0n) is 12.3. The highest BCUT2D eigenvalue weighted by molar-refractivity contribution is 5.76. The van der Waals surface area contributed by atoms with E-state index in [1.165, 1.54) is 5.56 Å². The summed E-state index contributed by atoms with van der Waals surface area (Å²) in [6, 6.07) is 8.20. The van der Waals surface area contributed by atoms with Crippen LogP contribution in [0.5, 0.6) is 0 Å². The Morgan fingerprint density at radius 2 is 2.30 bits per heavy atom. The summed E-state index contributed by atoms with van der Waals surface area (Å²) in [6.07, 6.45) is 1.50. The molecule has 1 heterocycles. The van der Waals surface area contributed by atoms with Crippen LogP contribution >= 0.6 is 0 Å². The number of hydrogen-bond donors (Lipinski definition) is 1. The van der Waals surface area contributed by atoms with Crippen molar-refractivity contribution < 1.29 is 14.6 Å². The second kappa shape index (κ2) is 6.27. The summed E-state index contributed by atoms with van der Waals surface area (Å²) >= 11 is 0. The molecule has 2 rings (SSSR count). The molecule has 1 atom stereocenters. The standard InChI is InChI=1S/C16H23NO3/c1-3-17(14-7-4-6-13(2)10-14)11-16(15(18)19)8-5-9-20-12-16/h4,6-7,10H,3,5,8-9,11-12H2,1-2H3,(H,18,19). The van der Waals surface area contributed by atoms with Gasteiger partial charge in [0, 0.05) is 25.4 Å². The SMILES string of the molecule is CCN(CC1(C(=O)O)CCCOC1)c1cccc(C)c1. The van der Waals surface area contributed by atoms with E-state index < -0.39 is 11.4 Å². The van der Waals surface area contributed by atoms with Gasteiger partial charge in [0.05, 0.1) is 6.61 Å². The highest BCUT2D eigenvalue weighted by Gasteiger charge is 2.42. The molecule has 0 amide bonds. The molecule has 1 aliphatic heterocycles. The van der Waals surface area contributed by atoms with Gasteiger partial charge in [-0.2, -0.15) is 0 Å². The van der Waals surface area contributed by atoms with Crippen molar-refractivity contribution >= 4 is 11.7 Å². The Morgan fingerprint density at radius 3 is 2.85 bits per heavy atom. The summed E-state index contributed by atoms with van der Waals surface area (Å²) in [7, 11) is 0. The number of nitrogens with zero attached hydrogens (tertiary/aromatic N) is 1. The zero-order valence-corrected chi connectivity index (χ0v) is 12.3. The van der Waals surface area contributed by atoms with Crippen LogP contribution < -0.4 is 4.90 Å². The van der Waals surface area contributed by atoms with Gasteiger partial charge in [0.25, 0.3) is 0 Å². The first-order chi connectivity index (χ1) is 9.57. The van der Waals surface area contributed by atoms with Crippen molar-refractivity contribution in [1.29, 1.82) is 0 Å². The summed E-state index contributed by atoms with van der Waals surface area (Å²) in [6.45, 7) is 6.38. The van der Waals surface area contributed by atoms with Crippen LogP contribution in [0.2, 0.25) is 0 Å². The van der Waals surface area contributed by atoms with E-state index in [2.05, 4.69) is 17.9 Å². The molecule has 4 nitrogen and oxygen atoms in total. The first-order valence-corrected chi connectivity index (χ1v) is 7.20. The summed E-state index contributed by atoms with van der Waals surface area (Å²) in [5, 5.41) is 9.63. The lowest BCUT2D eigenvalue weighted by Crippen LogP contribution is -2.48.